The molecule has 2 rings (SSSR count). The lowest BCUT2D eigenvalue weighted by Gasteiger charge is -2.09. The summed E-state index contributed by atoms with van der Waals surface area (Å²) in [6, 6.07) is 9.90. The fourth-order valence-electron chi connectivity index (χ4n) is 2.04. The van der Waals surface area contributed by atoms with Gasteiger partial charge in [-0.3, -0.25) is 4.79 Å². The molecule has 0 aliphatic rings. The maximum Gasteiger partial charge on any atom is 0.196 e. The van der Waals surface area contributed by atoms with Crippen LogP contribution in [0.25, 0.3) is 0 Å². The van der Waals surface area contributed by atoms with Gasteiger partial charge >= 0.3 is 0 Å². The molecule has 0 saturated carbocycles. The van der Waals surface area contributed by atoms with E-state index in [1.807, 2.05) is 19.2 Å². The second-order valence-corrected chi connectivity index (χ2v) is 4.46. The summed E-state index contributed by atoms with van der Waals surface area (Å²) < 4.78 is 26.9. The van der Waals surface area contributed by atoms with Crippen molar-refractivity contribution in [2.45, 2.75) is 6.42 Å². The first-order chi connectivity index (χ1) is 9.63. The predicted octanol–water partition coefficient (Wildman–Crippen LogP) is 2.96. The Hall–Kier alpha value is -2.07. The SMILES string of the molecule is CNCCc1ccccc1C(=O)c1cc(F)ccc1F. The molecule has 2 nitrogen and oxygen atoms in total. The third kappa shape index (κ3) is 3.08. The average Bonchev–Trinajstić information content (AvgIpc) is 2.47. The topological polar surface area (TPSA) is 29.1 Å². The molecule has 0 fully saturated rings. The first-order valence-electron chi connectivity index (χ1n) is 6.35. The van der Waals surface area contributed by atoms with Crippen LogP contribution in [0.2, 0.25) is 0 Å². The maximum atomic E-state index is 13.7. The Morgan fingerprint density at radius 3 is 2.60 bits per heavy atom. The van der Waals surface area contributed by atoms with Crippen molar-refractivity contribution in [1.29, 1.82) is 0 Å². The molecule has 0 spiro atoms. The molecule has 1 N–H and O–H groups in total. The van der Waals surface area contributed by atoms with Gasteiger partial charge < -0.3 is 5.32 Å². The quantitative estimate of drug-likeness (QED) is 0.850. The summed E-state index contributed by atoms with van der Waals surface area (Å²) in [6.45, 7) is 0.704. The number of ketones is 1. The fraction of sp³-hybridized carbons (Fsp3) is 0.188. The lowest BCUT2D eigenvalue weighted by molar-refractivity contribution is 0.103. The highest BCUT2D eigenvalue weighted by molar-refractivity contribution is 6.10. The minimum Gasteiger partial charge on any atom is -0.319 e. The van der Waals surface area contributed by atoms with Gasteiger partial charge in [0.2, 0.25) is 0 Å². The van der Waals surface area contributed by atoms with E-state index in [1.165, 1.54) is 0 Å². The molecule has 0 unspecified atom stereocenters. The molecular formula is C16H15F2NO. The number of hydrogen-bond acceptors (Lipinski definition) is 2. The third-order valence-electron chi connectivity index (χ3n) is 3.08. The van der Waals surface area contributed by atoms with Crippen molar-refractivity contribution < 1.29 is 13.6 Å². The van der Waals surface area contributed by atoms with Gasteiger partial charge in [0.05, 0.1) is 5.56 Å². The number of halogens is 2. The molecule has 0 amide bonds. The zero-order chi connectivity index (χ0) is 14.5. The molecule has 2 aromatic rings. The predicted molar refractivity (Wildman–Crippen MR) is 73.9 cm³/mol. The Morgan fingerprint density at radius 1 is 1.10 bits per heavy atom. The van der Waals surface area contributed by atoms with E-state index in [1.54, 1.807) is 12.1 Å². The average molecular weight is 275 g/mol. The fourth-order valence-corrected chi connectivity index (χ4v) is 2.04. The standard InChI is InChI=1S/C16H15F2NO/c1-19-9-8-11-4-2-3-5-13(11)16(20)14-10-12(17)6-7-15(14)18/h2-7,10,19H,8-9H2,1H3. The van der Waals surface area contributed by atoms with Crippen LogP contribution in [0, 0.1) is 11.6 Å². The van der Waals surface area contributed by atoms with Gasteiger partial charge in [-0.25, -0.2) is 8.78 Å². The van der Waals surface area contributed by atoms with Crippen LogP contribution in [0.3, 0.4) is 0 Å². The van der Waals surface area contributed by atoms with E-state index in [2.05, 4.69) is 5.32 Å². The lowest BCUT2D eigenvalue weighted by atomic mass is 9.96. The van der Waals surface area contributed by atoms with E-state index in [-0.39, 0.29) is 5.56 Å². The van der Waals surface area contributed by atoms with Crippen LogP contribution in [-0.4, -0.2) is 19.4 Å². The number of nitrogens with one attached hydrogen (secondary N) is 1. The van der Waals surface area contributed by atoms with Gasteiger partial charge in [-0.05, 0) is 43.8 Å². The molecule has 0 bridgehead atoms. The van der Waals surface area contributed by atoms with Gasteiger partial charge in [-0.15, -0.1) is 0 Å². The van der Waals surface area contributed by atoms with E-state index in [9.17, 15) is 13.6 Å². The molecule has 0 aliphatic heterocycles. The normalized spacial score (nSPS) is 10.6. The molecule has 0 aliphatic carbocycles. The molecule has 0 aromatic heterocycles. The Morgan fingerprint density at radius 2 is 1.85 bits per heavy atom. The van der Waals surface area contributed by atoms with Crippen LogP contribution in [-0.2, 0) is 6.42 Å². The summed E-state index contributed by atoms with van der Waals surface area (Å²) in [7, 11) is 1.82. The van der Waals surface area contributed by atoms with Crippen molar-refractivity contribution in [2.24, 2.45) is 0 Å². The number of likely N-dealkylation sites (N-methyl/N-ethyl adjacent to an activating group) is 1. The minimum absolute atomic E-state index is 0.234. The highest BCUT2D eigenvalue weighted by Gasteiger charge is 2.17. The van der Waals surface area contributed by atoms with Crippen LogP contribution < -0.4 is 5.32 Å². The second kappa shape index (κ2) is 6.39. The van der Waals surface area contributed by atoms with Crippen molar-refractivity contribution >= 4 is 5.78 Å². The summed E-state index contributed by atoms with van der Waals surface area (Å²) in [5.41, 5.74) is 0.990. The zero-order valence-corrected chi connectivity index (χ0v) is 11.1. The maximum absolute atomic E-state index is 13.7. The Kier molecular flexibility index (Phi) is 4.58. The third-order valence-corrected chi connectivity index (χ3v) is 3.08. The van der Waals surface area contributed by atoms with E-state index in [4.69, 9.17) is 0 Å². The smallest absolute Gasteiger partial charge is 0.196 e. The largest absolute Gasteiger partial charge is 0.319 e. The van der Waals surface area contributed by atoms with Crippen LogP contribution in [0.4, 0.5) is 8.78 Å². The lowest BCUT2D eigenvalue weighted by Crippen LogP contribution is -2.14. The Balaban J connectivity index is 2.40. The highest BCUT2D eigenvalue weighted by Crippen LogP contribution is 2.18. The summed E-state index contributed by atoms with van der Waals surface area (Å²) >= 11 is 0. The molecule has 0 heterocycles. The number of carbonyl (C=O) groups is 1. The number of hydrogen-bond donors (Lipinski definition) is 1. The van der Waals surface area contributed by atoms with Gasteiger partial charge in [0.15, 0.2) is 5.78 Å². The van der Waals surface area contributed by atoms with E-state index in [0.717, 1.165) is 23.8 Å². The molecule has 104 valence electrons. The van der Waals surface area contributed by atoms with Gasteiger partial charge in [0.1, 0.15) is 11.6 Å². The van der Waals surface area contributed by atoms with Crippen molar-refractivity contribution in [3.8, 4) is 0 Å². The van der Waals surface area contributed by atoms with Gasteiger partial charge in [0, 0.05) is 5.56 Å². The van der Waals surface area contributed by atoms with Crippen LogP contribution in [0.1, 0.15) is 21.5 Å². The van der Waals surface area contributed by atoms with Crippen molar-refractivity contribution in [1.82, 2.24) is 5.32 Å². The Bertz CT molecular complexity index is 626. The van der Waals surface area contributed by atoms with Crippen molar-refractivity contribution in [3.05, 3.63) is 70.8 Å². The summed E-state index contributed by atoms with van der Waals surface area (Å²) in [5, 5.41) is 3.00. The molecule has 0 saturated heterocycles. The van der Waals surface area contributed by atoms with E-state index < -0.39 is 17.4 Å². The number of carbonyl (C=O) groups excluding carboxylic acids is 1. The van der Waals surface area contributed by atoms with Crippen molar-refractivity contribution in [2.75, 3.05) is 13.6 Å². The molecule has 4 heteroatoms. The van der Waals surface area contributed by atoms with Crippen LogP contribution >= 0.6 is 0 Å². The molecule has 0 radical (unpaired) electrons. The second-order valence-electron chi connectivity index (χ2n) is 4.46. The minimum atomic E-state index is -0.709. The molecule has 0 atom stereocenters. The Labute approximate surface area is 116 Å². The highest BCUT2D eigenvalue weighted by atomic mass is 19.1. The van der Waals surface area contributed by atoms with Crippen molar-refractivity contribution in [3.63, 3.8) is 0 Å². The molecule has 20 heavy (non-hydrogen) atoms. The zero-order valence-electron chi connectivity index (χ0n) is 11.1. The van der Waals surface area contributed by atoms with E-state index >= 15 is 0 Å². The van der Waals surface area contributed by atoms with Crippen LogP contribution in [0.5, 0.6) is 0 Å². The summed E-state index contributed by atoms with van der Waals surface area (Å²) in [4.78, 5) is 12.4. The van der Waals surface area contributed by atoms with Crippen LogP contribution in [0.15, 0.2) is 42.5 Å². The molecular weight excluding hydrogens is 260 g/mol. The number of rotatable bonds is 5. The first-order valence-corrected chi connectivity index (χ1v) is 6.35. The first kappa shape index (κ1) is 14.3. The van der Waals surface area contributed by atoms with Gasteiger partial charge in [0.25, 0.3) is 0 Å². The van der Waals surface area contributed by atoms with Gasteiger partial charge in [-0.2, -0.15) is 0 Å². The van der Waals surface area contributed by atoms with Gasteiger partial charge in [-0.1, -0.05) is 24.3 Å². The monoisotopic (exact) mass is 275 g/mol. The van der Waals surface area contributed by atoms with E-state index in [0.29, 0.717) is 18.5 Å². The molecule has 2 aromatic carbocycles. The number of benzene rings is 2. The summed E-state index contributed by atoms with van der Waals surface area (Å²) in [6.07, 6.45) is 0.648. The summed E-state index contributed by atoms with van der Waals surface area (Å²) in [5.74, 6) is -1.82.